The van der Waals surface area contributed by atoms with E-state index < -0.39 is 23.5 Å². The monoisotopic (exact) mass is 320 g/mol. The Morgan fingerprint density at radius 2 is 2.00 bits per heavy atom. The molecule has 0 amide bonds. The van der Waals surface area contributed by atoms with Crippen LogP contribution in [0.2, 0.25) is 0 Å². The van der Waals surface area contributed by atoms with Gasteiger partial charge in [0.05, 0.1) is 12.8 Å². The number of methoxy groups -OCH3 is 1. The lowest BCUT2D eigenvalue weighted by molar-refractivity contribution is 0.308. The summed E-state index contributed by atoms with van der Waals surface area (Å²) in [6, 6.07) is 9.24. The molecule has 6 nitrogen and oxygen atoms in total. The zero-order valence-corrected chi connectivity index (χ0v) is 11.8. The summed E-state index contributed by atoms with van der Waals surface area (Å²) in [5.74, 6) is -2.31. The Morgan fingerprint density at radius 1 is 1.17 bits per heavy atom. The number of nitrogens with zero attached hydrogens (tertiary/aromatic N) is 2. The van der Waals surface area contributed by atoms with Gasteiger partial charge in [0, 0.05) is 12.1 Å². The normalized spacial score (nSPS) is 10.6. The van der Waals surface area contributed by atoms with Gasteiger partial charge >= 0.3 is 11.8 Å². The van der Waals surface area contributed by atoms with Crippen LogP contribution in [0.1, 0.15) is 0 Å². The third kappa shape index (κ3) is 3.05. The minimum atomic E-state index is -0.941. The van der Waals surface area contributed by atoms with Gasteiger partial charge in [0.15, 0.2) is 11.6 Å². The molecule has 0 fully saturated rings. The van der Waals surface area contributed by atoms with E-state index in [0.717, 1.165) is 16.8 Å². The van der Waals surface area contributed by atoms with Crippen LogP contribution < -0.4 is 15.2 Å². The van der Waals surface area contributed by atoms with E-state index in [0.29, 0.717) is 17.5 Å². The Kier molecular flexibility index (Phi) is 3.80. The molecule has 0 saturated heterocycles. The Balaban J connectivity index is 1.93. The second-order valence-electron chi connectivity index (χ2n) is 4.42. The first kappa shape index (κ1) is 14.8. The molecule has 3 rings (SSSR count). The van der Waals surface area contributed by atoms with Gasteiger partial charge < -0.3 is 13.9 Å². The van der Waals surface area contributed by atoms with Crippen LogP contribution in [0.4, 0.5) is 8.78 Å². The molecule has 0 aliphatic rings. The molecular formula is C15H10F2N2O4. The van der Waals surface area contributed by atoms with Crippen molar-refractivity contribution in [1.82, 2.24) is 9.78 Å². The molecule has 2 aromatic carbocycles. The van der Waals surface area contributed by atoms with Crippen molar-refractivity contribution in [3.63, 3.8) is 0 Å². The maximum atomic E-state index is 13.5. The molecule has 0 atom stereocenters. The molecule has 0 N–H and O–H groups in total. The van der Waals surface area contributed by atoms with E-state index in [9.17, 15) is 13.6 Å². The highest BCUT2D eigenvalue weighted by atomic mass is 19.1. The molecule has 8 heteroatoms. The lowest BCUT2D eigenvalue weighted by Crippen LogP contribution is -2.13. The predicted octanol–water partition coefficient (Wildman–Crippen LogP) is 2.90. The van der Waals surface area contributed by atoms with Gasteiger partial charge in [-0.3, -0.25) is 0 Å². The van der Waals surface area contributed by atoms with E-state index in [2.05, 4.69) is 5.10 Å². The zero-order chi connectivity index (χ0) is 16.4. The molecule has 1 heterocycles. The van der Waals surface area contributed by atoms with Crippen LogP contribution in [-0.4, -0.2) is 16.9 Å². The van der Waals surface area contributed by atoms with Crippen molar-refractivity contribution in [1.29, 1.82) is 0 Å². The molecule has 23 heavy (non-hydrogen) atoms. The standard InChI is InChI=1S/C15H10F2N2O4/c1-21-11-4-2-3-10(8-11)19-15(20)23-14(18-19)22-13-6-5-9(16)7-12(13)17/h2-8H,1H3. The van der Waals surface area contributed by atoms with Crippen molar-refractivity contribution in [2.45, 2.75) is 0 Å². The first-order valence-electron chi connectivity index (χ1n) is 6.44. The summed E-state index contributed by atoms with van der Waals surface area (Å²) >= 11 is 0. The van der Waals surface area contributed by atoms with Crippen LogP contribution in [0, 0.1) is 11.6 Å². The summed E-state index contributed by atoms with van der Waals surface area (Å²) in [5, 5.41) is 3.81. The van der Waals surface area contributed by atoms with Crippen molar-refractivity contribution >= 4 is 0 Å². The summed E-state index contributed by atoms with van der Waals surface area (Å²) in [6.07, 6.45) is -0.469. The number of halogens is 2. The highest BCUT2D eigenvalue weighted by Crippen LogP contribution is 2.23. The van der Waals surface area contributed by atoms with Gasteiger partial charge in [-0.25, -0.2) is 13.6 Å². The molecule has 0 unspecified atom stereocenters. The van der Waals surface area contributed by atoms with Gasteiger partial charge in [-0.15, -0.1) is 0 Å². The van der Waals surface area contributed by atoms with E-state index in [4.69, 9.17) is 13.9 Å². The van der Waals surface area contributed by atoms with E-state index in [-0.39, 0.29) is 5.75 Å². The van der Waals surface area contributed by atoms with Gasteiger partial charge in [0.1, 0.15) is 11.6 Å². The number of rotatable bonds is 4. The van der Waals surface area contributed by atoms with Crippen molar-refractivity contribution in [3.8, 4) is 23.3 Å². The lowest BCUT2D eigenvalue weighted by atomic mass is 10.3. The number of aromatic nitrogens is 2. The zero-order valence-electron chi connectivity index (χ0n) is 11.8. The maximum Gasteiger partial charge on any atom is 0.444 e. The fraction of sp³-hybridized carbons (Fsp3) is 0.0667. The summed E-state index contributed by atoms with van der Waals surface area (Å²) in [4.78, 5) is 11.8. The van der Waals surface area contributed by atoms with E-state index in [1.165, 1.54) is 7.11 Å². The van der Waals surface area contributed by atoms with Crippen LogP contribution in [-0.2, 0) is 0 Å². The smallest absolute Gasteiger partial charge is 0.444 e. The SMILES string of the molecule is COc1cccc(-n2nc(Oc3ccc(F)cc3F)oc2=O)c1. The quantitative estimate of drug-likeness (QED) is 0.739. The van der Waals surface area contributed by atoms with Gasteiger partial charge in [0.25, 0.3) is 0 Å². The highest BCUT2D eigenvalue weighted by Gasteiger charge is 2.14. The van der Waals surface area contributed by atoms with Gasteiger partial charge in [0.2, 0.25) is 0 Å². The molecule has 0 bridgehead atoms. The second kappa shape index (κ2) is 5.91. The molecule has 0 aliphatic heterocycles. The Bertz CT molecular complexity index is 904. The number of hydrogen-bond acceptors (Lipinski definition) is 5. The summed E-state index contributed by atoms with van der Waals surface area (Å²) in [6.45, 7) is 0. The molecule has 0 saturated carbocycles. The van der Waals surface area contributed by atoms with Gasteiger partial charge in [-0.05, 0) is 24.3 Å². The van der Waals surface area contributed by atoms with Crippen LogP contribution in [0.15, 0.2) is 51.7 Å². The predicted molar refractivity (Wildman–Crippen MR) is 75.1 cm³/mol. The number of benzene rings is 2. The Morgan fingerprint density at radius 3 is 2.74 bits per heavy atom. The van der Waals surface area contributed by atoms with Crippen LogP contribution in [0.25, 0.3) is 5.69 Å². The average molecular weight is 320 g/mol. The minimum absolute atomic E-state index is 0.314. The van der Waals surface area contributed by atoms with Crippen molar-refractivity contribution < 1.29 is 22.7 Å². The molecule has 0 aliphatic carbocycles. The summed E-state index contributed by atoms with van der Waals surface area (Å²) < 4.78 is 42.2. The molecule has 0 radical (unpaired) electrons. The number of ether oxygens (including phenoxy) is 2. The fourth-order valence-electron chi connectivity index (χ4n) is 1.86. The van der Waals surface area contributed by atoms with Gasteiger partial charge in [-0.1, -0.05) is 11.2 Å². The van der Waals surface area contributed by atoms with E-state index in [1.54, 1.807) is 24.3 Å². The maximum absolute atomic E-state index is 13.5. The van der Waals surface area contributed by atoms with Crippen molar-refractivity contribution in [2.24, 2.45) is 0 Å². The largest absolute Gasteiger partial charge is 0.497 e. The van der Waals surface area contributed by atoms with E-state index in [1.807, 2.05) is 0 Å². The molecular weight excluding hydrogens is 310 g/mol. The van der Waals surface area contributed by atoms with E-state index >= 15 is 0 Å². The van der Waals surface area contributed by atoms with Crippen LogP contribution in [0.3, 0.4) is 0 Å². The Hall–Kier alpha value is -3.16. The fourth-order valence-corrected chi connectivity index (χ4v) is 1.86. The number of hydrogen-bond donors (Lipinski definition) is 0. The third-order valence-electron chi connectivity index (χ3n) is 2.92. The average Bonchev–Trinajstić information content (AvgIpc) is 2.91. The molecule has 118 valence electrons. The van der Waals surface area contributed by atoms with Crippen molar-refractivity contribution in [2.75, 3.05) is 7.11 Å². The van der Waals surface area contributed by atoms with Crippen LogP contribution in [0.5, 0.6) is 17.6 Å². The lowest BCUT2D eigenvalue weighted by Gasteiger charge is -2.02. The van der Waals surface area contributed by atoms with Crippen LogP contribution >= 0.6 is 0 Å². The highest BCUT2D eigenvalue weighted by molar-refractivity contribution is 5.38. The summed E-state index contributed by atoms with van der Waals surface area (Å²) in [7, 11) is 1.48. The molecule has 1 aromatic heterocycles. The second-order valence-corrected chi connectivity index (χ2v) is 4.42. The molecule has 0 spiro atoms. The first-order chi connectivity index (χ1) is 11.1. The Labute approximate surface area is 128 Å². The van der Waals surface area contributed by atoms with Gasteiger partial charge in [-0.2, -0.15) is 4.68 Å². The first-order valence-corrected chi connectivity index (χ1v) is 6.44. The topological polar surface area (TPSA) is 66.5 Å². The minimum Gasteiger partial charge on any atom is -0.497 e. The molecule has 3 aromatic rings. The third-order valence-corrected chi connectivity index (χ3v) is 2.92. The van der Waals surface area contributed by atoms with Crippen molar-refractivity contribution in [3.05, 3.63) is 64.6 Å². The summed E-state index contributed by atoms with van der Waals surface area (Å²) in [5.41, 5.74) is 0.382.